The molecule has 0 aliphatic carbocycles. The molecule has 0 heterocycles. The van der Waals surface area contributed by atoms with Crippen molar-refractivity contribution in [1.82, 2.24) is 10.6 Å². The van der Waals surface area contributed by atoms with Gasteiger partial charge in [-0.05, 0) is 12.8 Å². The molecular weight excluding hydrogens is 432 g/mol. The zero-order valence-corrected chi connectivity index (χ0v) is 18.2. The van der Waals surface area contributed by atoms with Crippen LogP contribution in [0.4, 0.5) is 26.3 Å². The molecule has 11 heteroatoms. The third kappa shape index (κ3) is 21.3. The van der Waals surface area contributed by atoms with Crippen LogP contribution in [-0.2, 0) is 29.1 Å². The van der Waals surface area contributed by atoms with Crippen LogP contribution >= 0.6 is 0 Å². The van der Waals surface area contributed by atoms with Crippen molar-refractivity contribution in [3.05, 3.63) is 13.8 Å². The summed E-state index contributed by atoms with van der Waals surface area (Å²) in [6.07, 6.45) is -3.50. The predicted molar refractivity (Wildman–Crippen MR) is 85.8 cm³/mol. The number of carbonyl (C=O) groups excluding carboxylic acids is 2. The molecule has 0 bridgehead atoms. The predicted octanol–water partition coefficient (Wildman–Crippen LogP) is 4.12. The van der Waals surface area contributed by atoms with Gasteiger partial charge >= 0.3 is 43.6 Å². The van der Waals surface area contributed by atoms with E-state index in [1.807, 2.05) is 0 Å². The third-order valence-corrected chi connectivity index (χ3v) is 2.94. The van der Waals surface area contributed by atoms with Crippen molar-refractivity contribution in [2.75, 3.05) is 13.1 Å². The van der Waals surface area contributed by atoms with E-state index in [2.05, 4.69) is 13.8 Å². The van der Waals surface area contributed by atoms with Crippen LogP contribution in [0.3, 0.4) is 0 Å². The second-order valence-electron chi connectivity index (χ2n) is 5.34. The number of alkyl halides is 6. The number of nitrogens with one attached hydrogen (secondary N) is 2. The zero-order valence-electron chi connectivity index (χ0n) is 15.3. The normalized spacial score (nSPS) is 11.0. The Morgan fingerprint density at radius 1 is 0.630 bits per heavy atom. The van der Waals surface area contributed by atoms with Gasteiger partial charge in [0.25, 0.3) is 0 Å². The van der Waals surface area contributed by atoms with Gasteiger partial charge in [-0.3, -0.25) is 9.59 Å². The topological polar surface area (TPSA) is 58.2 Å². The van der Waals surface area contributed by atoms with Crippen LogP contribution < -0.4 is 10.6 Å². The molecule has 0 radical (unpaired) electrons. The maximum atomic E-state index is 11.6. The minimum absolute atomic E-state index is 0. The summed E-state index contributed by atoms with van der Waals surface area (Å²) in [6, 6.07) is 0. The summed E-state index contributed by atoms with van der Waals surface area (Å²) in [4.78, 5) is 20.5. The first-order valence-corrected chi connectivity index (χ1v) is 8.25. The summed E-state index contributed by atoms with van der Waals surface area (Å²) < 4.78 is 69.6. The fraction of sp³-hybridized carbons (Fsp3) is 0.750. The average Bonchev–Trinajstić information content (AvgIpc) is 2.53. The van der Waals surface area contributed by atoms with Crippen molar-refractivity contribution >= 4 is 11.8 Å². The molecule has 0 rings (SSSR count). The van der Waals surface area contributed by atoms with Gasteiger partial charge in [0.15, 0.2) is 0 Å². The van der Waals surface area contributed by atoms with Crippen LogP contribution in [0.5, 0.6) is 0 Å². The molecule has 0 spiro atoms. The molecular formula is C16H26F6N2O2Zn. The van der Waals surface area contributed by atoms with Crippen molar-refractivity contribution < 1.29 is 55.4 Å². The molecule has 2 amide bonds. The summed E-state index contributed by atoms with van der Waals surface area (Å²) in [7, 11) is 0. The molecule has 0 unspecified atom stereocenters. The maximum absolute atomic E-state index is 11.6. The van der Waals surface area contributed by atoms with Gasteiger partial charge < -0.3 is 24.5 Å². The Labute approximate surface area is 169 Å². The SMILES string of the molecule is [CH2-]CCCCCNC(=O)C(F)(F)F.[CH2-]CCCCCNC(=O)C(F)(F)F.[Zn+2]. The van der Waals surface area contributed by atoms with E-state index in [-0.39, 0.29) is 32.6 Å². The molecule has 0 saturated carbocycles. The number of hydrogen-bond donors (Lipinski definition) is 2. The molecule has 0 atom stereocenters. The van der Waals surface area contributed by atoms with E-state index in [4.69, 9.17) is 0 Å². The van der Waals surface area contributed by atoms with Gasteiger partial charge in [-0.15, -0.1) is 0 Å². The average molecular weight is 458 g/mol. The van der Waals surface area contributed by atoms with Crippen molar-refractivity contribution in [2.45, 2.75) is 63.7 Å². The number of carbonyl (C=O) groups is 2. The van der Waals surface area contributed by atoms with E-state index in [0.717, 1.165) is 38.5 Å². The first-order chi connectivity index (χ1) is 12.0. The van der Waals surface area contributed by atoms with Crippen molar-refractivity contribution in [3.63, 3.8) is 0 Å². The van der Waals surface area contributed by atoms with Gasteiger partial charge in [-0.25, -0.2) is 0 Å². The largest absolute Gasteiger partial charge is 2.00 e. The molecule has 156 valence electrons. The number of unbranched alkanes of at least 4 members (excludes halogenated alkanes) is 6. The number of rotatable bonds is 10. The Balaban J connectivity index is -0.000000411. The molecule has 4 nitrogen and oxygen atoms in total. The van der Waals surface area contributed by atoms with Gasteiger partial charge in [0.2, 0.25) is 0 Å². The Morgan fingerprint density at radius 3 is 1.15 bits per heavy atom. The monoisotopic (exact) mass is 456 g/mol. The number of amides is 2. The number of halogens is 6. The Morgan fingerprint density at radius 2 is 0.926 bits per heavy atom. The second-order valence-corrected chi connectivity index (χ2v) is 5.34. The van der Waals surface area contributed by atoms with Crippen LogP contribution in [0.25, 0.3) is 0 Å². The molecule has 27 heavy (non-hydrogen) atoms. The fourth-order valence-corrected chi connectivity index (χ4v) is 1.56. The molecule has 0 fully saturated rings. The van der Waals surface area contributed by atoms with Gasteiger partial charge in [-0.2, -0.15) is 39.2 Å². The molecule has 0 aromatic heterocycles. The van der Waals surface area contributed by atoms with Gasteiger partial charge in [0.1, 0.15) is 0 Å². The van der Waals surface area contributed by atoms with E-state index in [0.29, 0.717) is 12.8 Å². The fourth-order valence-electron chi connectivity index (χ4n) is 1.56. The zero-order chi connectivity index (χ0) is 20.6. The Hall–Kier alpha value is -0.857. The standard InChI is InChI=1S/2C8H13F3NO.Zn/c2*1-2-3-4-5-6-12-7(13)8(9,10)11;/h2*1-6H2,(H,12,13);/q2*-1;+2. The van der Waals surface area contributed by atoms with E-state index in [9.17, 15) is 35.9 Å². The second kappa shape index (κ2) is 17.3. The molecule has 0 aliphatic rings. The van der Waals surface area contributed by atoms with Crippen LogP contribution in [-0.4, -0.2) is 37.3 Å². The first kappa shape index (κ1) is 30.9. The van der Waals surface area contributed by atoms with Crippen LogP contribution in [0.1, 0.15) is 51.4 Å². The minimum Gasteiger partial charge on any atom is -0.348 e. The van der Waals surface area contributed by atoms with E-state index in [1.165, 1.54) is 0 Å². The summed E-state index contributed by atoms with van der Waals surface area (Å²) in [5.41, 5.74) is 0. The number of hydrogen-bond acceptors (Lipinski definition) is 2. The molecule has 0 saturated heterocycles. The summed E-state index contributed by atoms with van der Waals surface area (Å²) >= 11 is 0. The van der Waals surface area contributed by atoms with Crippen LogP contribution in [0, 0.1) is 13.8 Å². The van der Waals surface area contributed by atoms with E-state index in [1.54, 1.807) is 10.6 Å². The van der Waals surface area contributed by atoms with E-state index >= 15 is 0 Å². The Bertz CT molecular complexity index is 354. The maximum Gasteiger partial charge on any atom is 2.00 e. The van der Waals surface area contributed by atoms with Crippen molar-refractivity contribution in [1.29, 1.82) is 0 Å². The Kier molecular flexibility index (Phi) is 19.7. The summed E-state index contributed by atoms with van der Waals surface area (Å²) in [5.74, 6) is -3.72. The first-order valence-electron chi connectivity index (χ1n) is 8.25. The van der Waals surface area contributed by atoms with Crippen molar-refractivity contribution in [3.8, 4) is 0 Å². The molecule has 2 N–H and O–H groups in total. The van der Waals surface area contributed by atoms with Gasteiger partial charge in [-0.1, -0.05) is 25.7 Å². The van der Waals surface area contributed by atoms with Crippen LogP contribution in [0.2, 0.25) is 0 Å². The quantitative estimate of drug-likeness (QED) is 0.224. The summed E-state index contributed by atoms with van der Waals surface area (Å²) in [6.45, 7) is 7.34. The van der Waals surface area contributed by atoms with Gasteiger partial charge in [0, 0.05) is 13.1 Å². The molecule has 0 aromatic carbocycles. The van der Waals surface area contributed by atoms with Gasteiger partial charge in [0.05, 0.1) is 0 Å². The summed E-state index contributed by atoms with van der Waals surface area (Å²) in [5, 5.41) is 3.59. The minimum atomic E-state index is -4.76. The molecule has 0 aliphatic heterocycles. The third-order valence-electron chi connectivity index (χ3n) is 2.94. The van der Waals surface area contributed by atoms with Crippen molar-refractivity contribution in [2.24, 2.45) is 0 Å². The molecule has 0 aromatic rings. The smallest absolute Gasteiger partial charge is 0.348 e. The van der Waals surface area contributed by atoms with E-state index < -0.39 is 24.2 Å². The van der Waals surface area contributed by atoms with Crippen LogP contribution in [0.15, 0.2) is 0 Å².